The maximum Gasteiger partial charge on any atom is 0.105 e. The van der Waals surface area contributed by atoms with Gasteiger partial charge >= 0.3 is 0 Å². The SMILES string of the molecule is Cc1nc2c(n1C)CCN(C)C2(C)C. The molecule has 78 valence electrons. The van der Waals surface area contributed by atoms with E-state index in [0.29, 0.717) is 0 Å². The summed E-state index contributed by atoms with van der Waals surface area (Å²) in [6.07, 6.45) is 1.12. The van der Waals surface area contributed by atoms with Crippen LogP contribution in [0, 0.1) is 6.92 Å². The molecule has 0 amide bonds. The Labute approximate surface area is 85.7 Å². The van der Waals surface area contributed by atoms with E-state index in [1.807, 2.05) is 0 Å². The third-order valence-corrected chi connectivity index (χ3v) is 3.66. The first kappa shape index (κ1) is 9.71. The highest BCUT2D eigenvalue weighted by atomic mass is 15.2. The Hall–Kier alpha value is -0.830. The van der Waals surface area contributed by atoms with Crippen LogP contribution >= 0.6 is 0 Å². The lowest BCUT2D eigenvalue weighted by Gasteiger charge is -2.39. The van der Waals surface area contributed by atoms with Crippen LogP contribution < -0.4 is 0 Å². The quantitative estimate of drug-likeness (QED) is 0.622. The monoisotopic (exact) mass is 193 g/mol. The van der Waals surface area contributed by atoms with Gasteiger partial charge in [-0.1, -0.05) is 0 Å². The molecule has 0 N–H and O–H groups in total. The second-order valence-electron chi connectivity index (χ2n) is 4.74. The molecule has 0 spiro atoms. The molecule has 1 aliphatic heterocycles. The number of imidazole rings is 1. The van der Waals surface area contributed by atoms with Crippen LogP contribution in [0.15, 0.2) is 0 Å². The molecule has 2 heterocycles. The van der Waals surface area contributed by atoms with E-state index in [4.69, 9.17) is 0 Å². The Kier molecular flexibility index (Phi) is 1.96. The fourth-order valence-corrected chi connectivity index (χ4v) is 2.17. The molecule has 0 fully saturated rings. The van der Waals surface area contributed by atoms with Crippen molar-refractivity contribution in [3.05, 3.63) is 17.2 Å². The lowest BCUT2D eigenvalue weighted by Crippen LogP contribution is -2.44. The summed E-state index contributed by atoms with van der Waals surface area (Å²) in [5, 5.41) is 0. The van der Waals surface area contributed by atoms with Gasteiger partial charge in [-0.25, -0.2) is 4.98 Å². The molecule has 1 aromatic heterocycles. The minimum Gasteiger partial charge on any atom is -0.335 e. The van der Waals surface area contributed by atoms with Gasteiger partial charge in [0.15, 0.2) is 0 Å². The smallest absolute Gasteiger partial charge is 0.105 e. The van der Waals surface area contributed by atoms with E-state index in [0.717, 1.165) is 18.8 Å². The van der Waals surface area contributed by atoms with Crippen molar-refractivity contribution in [1.82, 2.24) is 14.5 Å². The van der Waals surface area contributed by atoms with E-state index in [1.54, 1.807) is 0 Å². The molecule has 3 nitrogen and oxygen atoms in total. The van der Waals surface area contributed by atoms with Gasteiger partial charge in [0.1, 0.15) is 5.82 Å². The van der Waals surface area contributed by atoms with E-state index >= 15 is 0 Å². The summed E-state index contributed by atoms with van der Waals surface area (Å²) >= 11 is 0. The summed E-state index contributed by atoms with van der Waals surface area (Å²) in [4.78, 5) is 7.05. The number of rotatable bonds is 0. The van der Waals surface area contributed by atoms with Gasteiger partial charge in [0, 0.05) is 25.7 Å². The number of hydrogen-bond donors (Lipinski definition) is 0. The first-order valence-corrected chi connectivity index (χ1v) is 5.18. The van der Waals surface area contributed by atoms with Crippen molar-refractivity contribution < 1.29 is 0 Å². The molecule has 3 heteroatoms. The highest BCUT2D eigenvalue weighted by Crippen LogP contribution is 2.33. The average Bonchev–Trinajstić information content (AvgIpc) is 2.39. The second kappa shape index (κ2) is 2.83. The third-order valence-electron chi connectivity index (χ3n) is 3.66. The number of likely N-dealkylation sites (N-methyl/N-ethyl adjacent to an activating group) is 1. The fraction of sp³-hybridized carbons (Fsp3) is 0.727. The first-order valence-electron chi connectivity index (χ1n) is 5.18. The minimum absolute atomic E-state index is 0.0829. The van der Waals surface area contributed by atoms with Crippen LogP contribution in [0.3, 0.4) is 0 Å². The zero-order valence-corrected chi connectivity index (χ0v) is 9.76. The van der Waals surface area contributed by atoms with Crippen molar-refractivity contribution in [3.8, 4) is 0 Å². The number of hydrogen-bond acceptors (Lipinski definition) is 2. The first-order chi connectivity index (χ1) is 6.44. The second-order valence-corrected chi connectivity index (χ2v) is 4.74. The van der Waals surface area contributed by atoms with Gasteiger partial charge in [0.2, 0.25) is 0 Å². The molecule has 1 aromatic rings. The maximum absolute atomic E-state index is 4.68. The summed E-state index contributed by atoms with van der Waals surface area (Å²) in [7, 11) is 4.29. The van der Waals surface area contributed by atoms with Crippen molar-refractivity contribution in [3.63, 3.8) is 0 Å². The predicted octanol–water partition coefficient (Wildman–Crippen LogP) is 1.45. The van der Waals surface area contributed by atoms with Gasteiger partial charge < -0.3 is 4.57 Å². The van der Waals surface area contributed by atoms with E-state index in [1.165, 1.54) is 11.4 Å². The topological polar surface area (TPSA) is 21.1 Å². The lowest BCUT2D eigenvalue weighted by atomic mass is 9.91. The number of fused-ring (bicyclic) bond motifs is 1. The summed E-state index contributed by atoms with van der Waals surface area (Å²) in [5.41, 5.74) is 2.75. The molecule has 1 aliphatic rings. The zero-order chi connectivity index (χ0) is 10.5. The standard InChI is InChI=1S/C11H19N3/c1-8-12-10-9(14(8)5)6-7-13(4)11(10,2)3/h6-7H2,1-5H3. The van der Waals surface area contributed by atoms with Crippen LogP contribution in [0.2, 0.25) is 0 Å². The maximum atomic E-state index is 4.68. The summed E-state index contributed by atoms with van der Waals surface area (Å²) < 4.78 is 2.23. The Bertz CT molecular complexity index is 363. The molecule has 14 heavy (non-hydrogen) atoms. The molecule has 2 rings (SSSR count). The molecular weight excluding hydrogens is 174 g/mol. The highest BCUT2D eigenvalue weighted by molar-refractivity contribution is 5.26. The van der Waals surface area contributed by atoms with Gasteiger partial charge in [-0.3, -0.25) is 4.90 Å². The van der Waals surface area contributed by atoms with Crippen molar-refractivity contribution in [2.75, 3.05) is 13.6 Å². The van der Waals surface area contributed by atoms with Crippen LogP contribution in [-0.2, 0) is 19.0 Å². The van der Waals surface area contributed by atoms with Gasteiger partial charge in [-0.15, -0.1) is 0 Å². The highest BCUT2D eigenvalue weighted by Gasteiger charge is 2.35. The van der Waals surface area contributed by atoms with Crippen LogP contribution in [0.4, 0.5) is 0 Å². The van der Waals surface area contributed by atoms with Gasteiger partial charge in [0.25, 0.3) is 0 Å². The van der Waals surface area contributed by atoms with Gasteiger partial charge in [-0.2, -0.15) is 0 Å². The Balaban J connectivity index is 2.59. The van der Waals surface area contributed by atoms with E-state index in [9.17, 15) is 0 Å². The Morgan fingerprint density at radius 1 is 1.29 bits per heavy atom. The van der Waals surface area contributed by atoms with Gasteiger partial charge in [-0.05, 0) is 27.8 Å². The molecule has 0 aromatic carbocycles. The molecule has 0 saturated carbocycles. The van der Waals surface area contributed by atoms with Crippen molar-refractivity contribution in [2.24, 2.45) is 7.05 Å². The van der Waals surface area contributed by atoms with Crippen molar-refractivity contribution in [1.29, 1.82) is 0 Å². The number of aryl methyl sites for hydroxylation is 1. The summed E-state index contributed by atoms with van der Waals surface area (Å²) in [6.45, 7) is 7.70. The Morgan fingerprint density at radius 3 is 2.57 bits per heavy atom. The van der Waals surface area contributed by atoms with Crippen molar-refractivity contribution >= 4 is 0 Å². The number of nitrogens with zero attached hydrogens (tertiary/aromatic N) is 3. The van der Waals surface area contributed by atoms with Crippen LogP contribution in [0.5, 0.6) is 0 Å². The molecule has 0 aliphatic carbocycles. The molecule has 0 saturated heterocycles. The van der Waals surface area contributed by atoms with E-state index < -0.39 is 0 Å². The average molecular weight is 193 g/mol. The molecule has 0 unspecified atom stereocenters. The zero-order valence-electron chi connectivity index (χ0n) is 9.76. The van der Waals surface area contributed by atoms with E-state index in [2.05, 4.69) is 49.3 Å². The molecule has 0 atom stereocenters. The lowest BCUT2D eigenvalue weighted by molar-refractivity contribution is 0.137. The van der Waals surface area contributed by atoms with Crippen LogP contribution in [-0.4, -0.2) is 28.0 Å². The largest absolute Gasteiger partial charge is 0.335 e. The van der Waals surface area contributed by atoms with Crippen molar-refractivity contribution in [2.45, 2.75) is 32.7 Å². The summed E-state index contributed by atoms with van der Waals surface area (Å²) in [6, 6.07) is 0. The minimum atomic E-state index is 0.0829. The predicted molar refractivity (Wildman–Crippen MR) is 57.3 cm³/mol. The molecular formula is C11H19N3. The fourth-order valence-electron chi connectivity index (χ4n) is 2.17. The summed E-state index contributed by atoms with van der Waals surface area (Å²) in [5.74, 6) is 1.12. The van der Waals surface area contributed by atoms with E-state index in [-0.39, 0.29) is 5.54 Å². The van der Waals surface area contributed by atoms with Gasteiger partial charge in [0.05, 0.1) is 11.2 Å². The third kappa shape index (κ3) is 1.12. The van der Waals surface area contributed by atoms with Crippen LogP contribution in [0.1, 0.15) is 31.1 Å². The molecule has 0 bridgehead atoms. The Morgan fingerprint density at radius 2 is 1.93 bits per heavy atom. The molecule has 0 radical (unpaired) electrons. The number of aromatic nitrogens is 2. The van der Waals surface area contributed by atoms with Crippen LogP contribution in [0.25, 0.3) is 0 Å². The normalized spacial score (nSPS) is 20.9.